The molecule has 2 aliphatic heterocycles. The number of aryl methyl sites for hydroxylation is 1. The first-order chi connectivity index (χ1) is 13.2. The smallest absolute Gasteiger partial charge is 0.191 e. The van der Waals surface area contributed by atoms with Gasteiger partial charge in [-0.05, 0) is 45.2 Å². The minimum absolute atomic E-state index is 0.321. The van der Waals surface area contributed by atoms with Crippen molar-refractivity contribution in [2.45, 2.75) is 58.7 Å². The Bertz CT molecular complexity index is 609. The maximum atomic E-state index is 5.14. The first-order valence-electron chi connectivity index (χ1n) is 10.4. The van der Waals surface area contributed by atoms with Crippen molar-refractivity contribution in [1.29, 1.82) is 0 Å². The van der Waals surface area contributed by atoms with Gasteiger partial charge in [-0.3, -0.25) is 4.99 Å². The minimum Gasteiger partial charge on any atom is -0.377 e. The molecule has 0 saturated carbocycles. The van der Waals surface area contributed by atoms with Gasteiger partial charge in [-0.15, -0.1) is 0 Å². The number of aliphatic imine (C=N–C) groups is 1. The van der Waals surface area contributed by atoms with Crippen LogP contribution in [0.3, 0.4) is 0 Å². The molecule has 1 aromatic rings. The summed E-state index contributed by atoms with van der Waals surface area (Å²) >= 11 is 0. The van der Waals surface area contributed by atoms with Gasteiger partial charge >= 0.3 is 0 Å². The Kier molecular flexibility index (Phi) is 7.46. The summed E-state index contributed by atoms with van der Waals surface area (Å²) in [6.07, 6.45) is 4.66. The lowest BCUT2D eigenvalue weighted by Crippen LogP contribution is -2.47. The summed E-state index contributed by atoms with van der Waals surface area (Å²) in [7, 11) is 1.67. The second-order valence-corrected chi connectivity index (χ2v) is 7.77. The third-order valence-electron chi connectivity index (χ3n) is 5.19. The molecule has 1 aromatic heterocycles. The average molecular weight is 378 g/mol. The van der Waals surface area contributed by atoms with Gasteiger partial charge in [0.15, 0.2) is 11.8 Å². The molecule has 27 heavy (non-hydrogen) atoms. The molecular formula is C19H35N7O. The fraction of sp³-hybridized carbons (Fsp3) is 0.842. The average Bonchev–Trinajstić information content (AvgIpc) is 3.29. The molecule has 0 aromatic carbocycles. The van der Waals surface area contributed by atoms with Crippen molar-refractivity contribution >= 4 is 5.96 Å². The number of guanidine groups is 1. The number of ether oxygens (including phenoxy) is 1. The number of nitrogens with one attached hydrogen (secondary N) is 2. The highest BCUT2D eigenvalue weighted by Crippen LogP contribution is 2.14. The summed E-state index contributed by atoms with van der Waals surface area (Å²) in [6, 6.07) is 0.321. The largest absolute Gasteiger partial charge is 0.377 e. The van der Waals surface area contributed by atoms with Crippen molar-refractivity contribution < 1.29 is 4.74 Å². The van der Waals surface area contributed by atoms with Gasteiger partial charge in [-0.25, -0.2) is 9.67 Å². The Hall–Kier alpha value is -1.67. The van der Waals surface area contributed by atoms with Gasteiger partial charge in [-0.2, -0.15) is 5.10 Å². The first kappa shape index (κ1) is 20.1. The summed E-state index contributed by atoms with van der Waals surface area (Å²) in [4.78, 5) is 12.0. The second-order valence-electron chi connectivity index (χ2n) is 7.77. The van der Waals surface area contributed by atoms with Crippen LogP contribution in [-0.4, -0.2) is 71.5 Å². The van der Waals surface area contributed by atoms with Crippen molar-refractivity contribution in [2.24, 2.45) is 10.9 Å². The first-order valence-corrected chi connectivity index (χ1v) is 10.4. The van der Waals surface area contributed by atoms with E-state index in [-0.39, 0.29) is 0 Å². The minimum atomic E-state index is 0.321. The summed E-state index contributed by atoms with van der Waals surface area (Å²) < 4.78 is 7.15. The number of nitrogens with zero attached hydrogens (tertiary/aromatic N) is 5. The molecule has 0 amide bonds. The molecule has 0 radical (unpaired) electrons. The van der Waals surface area contributed by atoms with E-state index in [2.05, 4.69) is 39.5 Å². The monoisotopic (exact) mass is 377 g/mol. The quantitative estimate of drug-likeness (QED) is 0.520. The van der Waals surface area contributed by atoms with E-state index in [0.717, 1.165) is 56.6 Å². The van der Waals surface area contributed by atoms with Crippen LogP contribution < -0.4 is 10.6 Å². The highest BCUT2D eigenvalue weighted by molar-refractivity contribution is 5.80. The third kappa shape index (κ3) is 5.90. The molecule has 2 N–H and O–H groups in total. The van der Waals surface area contributed by atoms with E-state index in [1.54, 1.807) is 7.11 Å². The Morgan fingerprint density at radius 3 is 2.93 bits per heavy atom. The van der Waals surface area contributed by atoms with Gasteiger partial charge in [0.05, 0.1) is 6.54 Å². The number of likely N-dealkylation sites (tertiary alicyclic amines) is 1. The molecule has 0 bridgehead atoms. The number of rotatable bonds is 8. The topological polar surface area (TPSA) is 79.6 Å². The lowest BCUT2D eigenvalue weighted by molar-refractivity contribution is 0.177. The van der Waals surface area contributed by atoms with Gasteiger partial charge in [0.25, 0.3) is 0 Å². The van der Waals surface area contributed by atoms with E-state index in [1.165, 1.54) is 25.9 Å². The van der Waals surface area contributed by atoms with Crippen molar-refractivity contribution in [1.82, 2.24) is 30.3 Å². The standard InChI is InChI=1S/C19H35N7O/c1-4-20-19(21-11-15(2)12-25-9-5-6-10-25)22-16-7-8-18-23-17(14-27-3)24-26(18)13-16/h15-16H,4-14H2,1-3H3,(H2,20,21,22). The molecule has 2 aliphatic rings. The number of methoxy groups -OCH3 is 1. The Morgan fingerprint density at radius 2 is 2.19 bits per heavy atom. The summed E-state index contributed by atoms with van der Waals surface area (Å²) in [6.45, 7) is 11.1. The molecule has 2 unspecified atom stereocenters. The van der Waals surface area contributed by atoms with Crippen molar-refractivity contribution in [2.75, 3.05) is 39.8 Å². The fourth-order valence-corrected chi connectivity index (χ4v) is 3.89. The van der Waals surface area contributed by atoms with E-state index in [4.69, 9.17) is 9.73 Å². The van der Waals surface area contributed by atoms with Crippen LogP contribution >= 0.6 is 0 Å². The molecule has 0 aliphatic carbocycles. The van der Waals surface area contributed by atoms with Gasteiger partial charge in [0.2, 0.25) is 0 Å². The molecule has 0 spiro atoms. The Morgan fingerprint density at radius 1 is 1.37 bits per heavy atom. The summed E-state index contributed by atoms with van der Waals surface area (Å²) in [5.74, 6) is 3.31. The lowest BCUT2D eigenvalue weighted by Gasteiger charge is -2.26. The highest BCUT2D eigenvalue weighted by Gasteiger charge is 2.22. The van der Waals surface area contributed by atoms with Gasteiger partial charge < -0.3 is 20.3 Å². The van der Waals surface area contributed by atoms with Crippen LogP contribution in [0.1, 0.15) is 44.8 Å². The van der Waals surface area contributed by atoms with E-state index >= 15 is 0 Å². The maximum Gasteiger partial charge on any atom is 0.191 e. The number of aromatic nitrogens is 3. The molecule has 8 heteroatoms. The molecule has 1 saturated heterocycles. The van der Waals surface area contributed by atoms with Gasteiger partial charge in [0.1, 0.15) is 12.4 Å². The number of hydrogen-bond donors (Lipinski definition) is 2. The molecule has 3 rings (SSSR count). The van der Waals surface area contributed by atoms with Gasteiger partial charge in [0, 0.05) is 39.2 Å². The molecule has 1 fully saturated rings. The Labute approximate surface area is 162 Å². The summed E-state index contributed by atoms with van der Waals surface area (Å²) in [5.41, 5.74) is 0. The number of fused-ring (bicyclic) bond motifs is 1. The zero-order chi connectivity index (χ0) is 19.1. The highest BCUT2D eigenvalue weighted by atomic mass is 16.5. The molecular weight excluding hydrogens is 342 g/mol. The third-order valence-corrected chi connectivity index (χ3v) is 5.19. The summed E-state index contributed by atoms with van der Waals surface area (Å²) in [5, 5.41) is 11.5. The SMILES string of the molecule is CCNC(=NCC(C)CN1CCCC1)NC1CCc2nc(COC)nn2C1. The second kappa shape index (κ2) is 10.0. The van der Waals surface area contributed by atoms with Crippen LogP contribution in [-0.2, 0) is 24.3 Å². The lowest BCUT2D eigenvalue weighted by atomic mass is 10.1. The Balaban J connectivity index is 1.52. The predicted octanol–water partition coefficient (Wildman–Crippen LogP) is 1.03. The van der Waals surface area contributed by atoms with Crippen LogP contribution in [0.15, 0.2) is 4.99 Å². The normalized spacial score (nSPS) is 21.9. The maximum absolute atomic E-state index is 5.14. The molecule has 2 atom stereocenters. The van der Waals surface area contributed by atoms with Gasteiger partial charge in [-0.1, -0.05) is 6.92 Å². The van der Waals surface area contributed by atoms with Crippen LogP contribution in [0.2, 0.25) is 0 Å². The van der Waals surface area contributed by atoms with E-state index in [0.29, 0.717) is 18.6 Å². The van der Waals surface area contributed by atoms with Crippen LogP contribution in [0.4, 0.5) is 0 Å². The molecule has 8 nitrogen and oxygen atoms in total. The zero-order valence-electron chi connectivity index (χ0n) is 17.1. The van der Waals surface area contributed by atoms with E-state index < -0.39 is 0 Å². The molecule has 3 heterocycles. The van der Waals surface area contributed by atoms with Crippen molar-refractivity contribution in [3.8, 4) is 0 Å². The van der Waals surface area contributed by atoms with Crippen LogP contribution in [0, 0.1) is 5.92 Å². The van der Waals surface area contributed by atoms with E-state index in [9.17, 15) is 0 Å². The van der Waals surface area contributed by atoms with Crippen molar-refractivity contribution in [3.63, 3.8) is 0 Å². The van der Waals surface area contributed by atoms with Crippen LogP contribution in [0.25, 0.3) is 0 Å². The van der Waals surface area contributed by atoms with Crippen LogP contribution in [0.5, 0.6) is 0 Å². The zero-order valence-corrected chi connectivity index (χ0v) is 17.1. The number of hydrogen-bond acceptors (Lipinski definition) is 5. The fourth-order valence-electron chi connectivity index (χ4n) is 3.89. The predicted molar refractivity (Wildman–Crippen MR) is 107 cm³/mol. The van der Waals surface area contributed by atoms with Crippen molar-refractivity contribution in [3.05, 3.63) is 11.6 Å². The van der Waals surface area contributed by atoms with E-state index in [1.807, 2.05) is 4.68 Å². The molecule has 152 valence electrons.